The third-order valence-electron chi connectivity index (χ3n) is 4.09. The monoisotopic (exact) mass is 501 g/mol. The number of aliphatic imine (C=N–C) groups is 1. The minimum atomic E-state index is 0. The van der Waals surface area contributed by atoms with Crippen LogP contribution in [0, 0.1) is 6.92 Å². The Balaban J connectivity index is 0.00000364. The van der Waals surface area contributed by atoms with Crippen molar-refractivity contribution in [2.45, 2.75) is 24.8 Å². The molecule has 0 aliphatic heterocycles. The lowest BCUT2D eigenvalue weighted by atomic mass is 10.1. The van der Waals surface area contributed by atoms with Gasteiger partial charge in [0.2, 0.25) is 0 Å². The predicted octanol–water partition coefficient (Wildman–Crippen LogP) is 3.96. The number of thioether (sulfide) groups is 1. The lowest BCUT2D eigenvalue weighted by Crippen LogP contribution is -2.38. The standard InChI is InChI=1S/C20H27N3O2S.HI/c1-14-5-6-16(19(11-14)26-4)13-23-20(21-2)22-10-9-15-7-8-17(25-3)12-18(15)24;/h5-8,11-12,24H,9-10,13H2,1-4H3,(H2,21,22,23);1H. The van der Waals surface area contributed by atoms with E-state index < -0.39 is 0 Å². The average Bonchev–Trinajstić information content (AvgIpc) is 2.66. The fraction of sp³-hybridized carbons (Fsp3) is 0.350. The average molecular weight is 501 g/mol. The smallest absolute Gasteiger partial charge is 0.191 e. The Morgan fingerprint density at radius 3 is 2.52 bits per heavy atom. The van der Waals surface area contributed by atoms with E-state index >= 15 is 0 Å². The minimum absolute atomic E-state index is 0. The second-order valence-corrected chi connectivity index (χ2v) is 6.76. The summed E-state index contributed by atoms with van der Waals surface area (Å²) in [7, 11) is 3.34. The van der Waals surface area contributed by atoms with Crippen molar-refractivity contribution in [1.82, 2.24) is 10.6 Å². The maximum Gasteiger partial charge on any atom is 0.191 e. The first-order valence-electron chi connectivity index (χ1n) is 8.51. The van der Waals surface area contributed by atoms with Crippen molar-refractivity contribution < 1.29 is 9.84 Å². The first-order chi connectivity index (χ1) is 12.6. The Morgan fingerprint density at radius 2 is 1.89 bits per heavy atom. The molecule has 2 rings (SSSR count). The number of phenolic OH excluding ortho intramolecular Hbond substituents is 1. The van der Waals surface area contributed by atoms with Crippen molar-refractivity contribution in [3.63, 3.8) is 0 Å². The maximum absolute atomic E-state index is 10.0. The quantitative estimate of drug-likeness (QED) is 0.232. The summed E-state index contributed by atoms with van der Waals surface area (Å²) in [4.78, 5) is 5.54. The van der Waals surface area contributed by atoms with Crippen molar-refractivity contribution in [2.75, 3.05) is 27.0 Å². The van der Waals surface area contributed by atoms with Gasteiger partial charge in [-0.25, -0.2) is 0 Å². The van der Waals surface area contributed by atoms with Crippen LogP contribution in [-0.4, -0.2) is 38.0 Å². The Hall–Kier alpha value is -1.61. The number of rotatable bonds is 7. The van der Waals surface area contributed by atoms with Crippen LogP contribution >= 0.6 is 35.7 Å². The van der Waals surface area contributed by atoms with Gasteiger partial charge < -0.3 is 20.5 Å². The van der Waals surface area contributed by atoms with E-state index in [1.807, 2.05) is 12.1 Å². The summed E-state index contributed by atoms with van der Waals surface area (Å²) in [5.41, 5.74) is 3.38. The Kier molecular flexibility index (Phi) is 10.4. The largest absolute Gasteiger partial charge is 0.508 e. The van der Waals surface area contributed by atoms with Crippen LogP contribution in [0.4, 0.5) is 0 Å². The summed E-state index contributed by atoms with van der Waals surface area (Å²) in [6.45, 7) is 3.48. The van der Waals surface area contributed by atoms with E-state index in [9.17, 15) is 5.11 Å². The van der Waals surface area contributed by atoms with Crippen molar-refractivity contribution in [3.8, 4) is 11.5 Å². The van der Waals surface area contributed by atoms with Crippen LogP contribution in [0.15, 0.2) is 46.3 Å². The first kappa shape index (κ1) is 23.4. The Bertz CT molecular complexity index is 769. The molecule has 0 amide bonds. The minimum Gasteiger partial charge on any atom is -0.508 e. The molecule has 0 aliphatic rings. The fourth-order valence-electron chi connectivity index (χ4n) is 2.59. The van der Waals surface area contributed by atoms with E-state index in [-0.39, 0.29) is 29.7 Å². The summed E-state index contributed by atoms with van der Waals surface area (Å²) < 4.78 is 5.10. The molecule has 0 aromatic heterocycles. The summed E-state index contributed by atoms with van der Waals surface area (Å²) in [6.07, 6.45) is 2.78. The van der Waals surface area contributed by atoms with Crippen molar-refractivity contribution in [3.05, 3.63) is 53.1 Å². The van der Waals surface area contributed by atoms with Gasteiger partial charge in [-0.3, -0.25) is 4.99 Å². The van der Waals surface area contributed by atoms with Crippen LogP contribution in [0.2, 0.25) is 0 Å². The third-order valence-corrected chi connectivity index (χ3v) is 4.91. The van der Waals surface area contributed by atoms with Gasteiger partial charge in [0.25, 0.3) is 0 Å². The topological polar surface area (TPSA) is 65.9 Å². The highest BCUT2D eigenvalue weighted by Gasteiger charge is 2.06. The SMILES string of the molecule is CN=C(NCCc1ccc(OC)cc1O)NCc1ccc(C)cc1SC.I. The number of aromatic hydroxyl groups is 1. The van der Waals surface area contributed by atoms with Gasteiger partial charge in [-0.1, -0.05) is 18.2 Å². The predicted molar refractivity (Wildman–Crippen MR) is 125 cm³/mol. The lowest BCUT2D eigenvalue weighted by Gasteiger charge is -2.14. The van der Waals surface area contributed by atoms with E-state index in [1.165, 1.54) is 16.0 Å². The Morgan fingerprint density at radius 1 is 1.15 bits per heavy atom. The number of halogens is 1. The van der Waals surface area contributed by atoms with E-state index in [4.69, 9.17) is 4.74 Å². The summed E-state index contributed by atoms with van der Waals surface area (Å²) >= 11 is 1.75. The number of guanidine groups is 1. The second-order valence-electron chi connectivity index (χ2n) is 5.91. The zero-order valence-electron chi connectivity index (χ0n) is 16.2. The van der Waals surface area contributed by atoms with Crippen LogP contribution in [0.5, 0.6) is 11.5 Å². The molecule has 3 N–H and O–H groups in total. The number of benzene rings is 2. The third kappa shape index (κ3) is 7.14. The van der Waals surface area contributed by atoms with E-state index in [0.717, 1.165) is 11.5 Å². The molecule has 148 valence electrons. The molecular formula is C20H28IN3O2S. The van der Waals surface area contributed by atoms with Gasteiger partial charge in [-0.15, -0.1) is 35.7 Å². The molecule has 0 atom stereocenters. The molecule has 0 heterocycles. The van der Waals surface area contributed by atoms with E-state index in [2.05, 4.69) is 47.0 Å². The molecule has 0 spiro atoms. The highest BCUT2D eigenvalue weighted by atomic mass is 127. The molecular weight excluding hydrogens is 473 g/mol. The van der Waals surface area contributed by atoms with Crippen LogP contribution in [0.25, 0.3) is 0 Å². The number of aryl methyl sites for hydroxylation is 1. The van der Waals surface area contributed by atoms with Gasteiger partial charge in [0.1, 0.15) is 11.5 Å². The molecule has 0 saturated heterocycles. The maximum atomic E-state index is 10.0. The van der Waals surface area contributed by atoms with Crippen LogP contribution in [-0.2, 0) is 13.0 Å². The zero-order chi connectivity index (χ0) is 18.9. The van der Waals surface area contributed by atoms with Crippen molar-refractivity contribution in [2.24, 2.45) is 4.99 Å². The van der Waals surface area contributed by atoms with E-state index in [1.54, 1.807) is 32.0 Å². The van der Waals surface area contributed by atoms with Gasteiger partial charge in [-0.2, -0.15) is 0 Å². The van der Waals surface area contributed by atoms with Crippen LogP contribution < -0.4 is 15.4 Å². The molecule has 0 unspecified atom stereocenters. The second kappa shape index (κ2) is 12.0. The number of nitrogens with zero attached hydrogens (tertiary/aromatic N) is 1. The molecule has 7 heteroatoms. The van der Waals surface area contributed by atoms with Crippen LogP contribution in [0.1, 0.15) is 16.7 Å². The highest BCUT2D eigenvalue weighted by Crippen LogP contribution is 2.23. The summed E-state index contributed by atoms with van der Waals surface area (Å²) in [5, 5.41) is 16.6. The number of nitrogens with one attached hydrogen (secondary N) is 2. The number of hydrogen-bond acceptors (Lipinski definition) is 4. The number of methoxy groups -OCH3 is 1. The molecule has 0 aliphatic carbocycles. The van der Waals surface area contributed by atoms with E-state index in [0.29, 0.717) is 25.3 Å². The normalized spacial score (nSPS) is 10.9. The molecule has 0 fully saturated rings. The molecule has 2 aromatic rings. The molecule has 0 bridgehead atoms. The fourth-order valence-corrected chi connectivity index (χ4v) is 3.30. The molecule has 0 saturated carbocycles. The van der Waals surface area contributed by atoms with Gasteiger partial charge in [-0.05, 0) is 48.4 Å². The summed E-state index contributed by atoms with van der Waals surface area (Å²) in [6, 6.07) is 11.8. The van der Waals surface area contributed by atoms with Gasteiger partial charge in [0, 0.05) is 31.1 Å². The van der Waals surface area contributed by atoms with Gasteiger partial charge >= 0.3 is 0 Å². The molecule has 27 heavy (non-hydrogen) atoms. The van der Waals surface area contributed by atoms with Gasteiger partial charge in [0.15, 0.2) is 5.96 Å². The molecule has 2 aromatic carbocycles. The number of ether oxygens (including phenoxy) is 1. The Labute approximate surface area is 183 Å². The zero-order valence-corrected chi connectivity index (χ0v) is 19.4. The summed E-state index contributed by atoms with van der Waals surface area (Å²) in [5.74, 6) is 1.64. The molecule has 5 nitrogen and oxygen atoms in total. The number of phenols is 1. The number of hydrogen-bond donors (Lipinski definition) is 3. The molecule has 0 radical (unpaired) electrons. The lowest BCUT2D eigenvalue weighted by molar-refractivity contribution is 0.406. The first-order valence-corrected chi connectivity index (χ1v) is 9.73. The van der Waals surface area contributed by atoms with Crippen molar-refractivity contribution >= 4 is 41.7 Å². The van der Waals surface area contributed by atoms with Gasteiger partial charge in [0.05, 0.1) is 7.11 Å². The van der Waals surface area contributed by atoms with Crippen molar-refractivity contribution in [1.29, 1.82) is 0 Å². The highest BCUT2D eigenvalue weighted by molar-refractivity contribution is 14.0. The van der Waals surface area contributed by atoms with Crippen LogP contribution in [0.3, 0.4) is 0 Å².